The Morgan fingerprint density at radius 1 is 1.11 bits per heavy atom. The van der Waals surface area contributed by atoms with E-state index in [1.165, 1.54) is 5.56 Å². The topological polar surface area (TPSA) is 96.6 Å². The first-order valence-electron chi connectivity index (χ1n) is 12.6. The van der Waals surface area contributed by atoms with Crippen LogP contribution < -0.4 is 15.8 Å². The third kappa shape index (κ3) is 5.58. The van der Waals surface area contributed by atoms with E-state index in [4.69, 9.17) is 10.5 Å². The molecule has 0 radical (unpaired) electrons. The van der Waals surface area contributed by atoms with Crippen molar-refractivity contribution in [2.24, 2.45) is 0 Å². The van der Waals surface area contributed by atoms with Crippen LogP contribution in [0.4, 0.5) is 11.5 Å². The third-order valence-electron chi connectivity index (χ3n) is 7.07. The predicted octanol–water partition coefficient (Wildman–Crippen LogP) is 3.40. The number of piperazine rings is 1. The van der Waals surface area contributed by atoms with E-state index in [9.17, 15) is 4.79 Å². The van der Waals surface area contributed by atoms with Crippen molar-refractivity contribution in [3.05, 3.63) is 76.2 Å². The van der Waals surface area contributed by atoms with Gasteiger partial charge in [-0.15, -0.1) is 0 Å². The van der Waals surface area contributed by atoms with Gasteiger partial charge in [-0.1, -0.05) is 18.1 Å². The standard InChI is InChI=1S/C29H32N6O2/c1-19-4-7-23(16-21(19)5-8-24-18-31-28(30)20(2)32-24)33-29(36)22-6-9-25-26(10-15-37-27(25)17-22)35-13-11-34(3)12-14-35/h4,6-7,9,16-18,26H,10-15H2,1-3H3,(H2,30,31)(H,33,36)/t26-/m0/s1. The quantitative estimate of drug-likeness (QED) is 0.537. The highest BCUT2D eigenvalue weighted by molar-refractivity contribution is 6.04. The molecule has 8 nitrogen and oxygen atoms in total. The maximum Gasteiger partial charge on any atom is 0.255 e. The molecule has 0 bridgehead atoms. The molecule has 2 aromatic carbocycles. The average Bonchev–Trinajstić information content (AvgIpc) is 2.90. The number of benzene rings is 2. The number of nitrogens with two attached hydrogens (primary N) is 1. The van der Waals surface area contributed by atoms with Crippen LogP contribution >= 0.6 is 0 Å². The minimum atomic E-state index is -0.184. The van der Waals surface area contributed by atoms with Crippen LogP contribution in [0.5, 0.6) is 5.75 Å². The molecule has 1 amide bonds. The van der Waals surface area contributed by atoms with Crippen molar-refractivity contribution in [2.75, 3.05) is 50.9 Å². The van der Waals surface area contributed by atoms with Gasteiger partial charge >= 0.3 is 0 Å². The lowest BCUT2D eigenvalue weighted by Gasteiger charge is -2.40. The van der Waals surface area contributed by atoms with E-state index in [2.05, 4.69) is 44.0 Å². The second kappa shape index (κ2) is 10.6. The Morgan fingerprint density at radius 2 is 1.92 bits per heavy atom. The number of anilines is 2. The summed E-state index contributed by atoms with van der Waals surface area (Å²) in [6, 6.07) is 11.8. The van der Waals surface area contributed by atoms with Crippen molar-refractivity contribution < 1.29 is 9.53 Å². The molecule has 2 aliphatic rings. The lowest BCUT2D eigenvalue weighted by atomic mass is 9.96. The molecule has 0 spiro atoms. The normalized spacial score (nSPS) is 17.8. The van der Waals surface area contributed by atoms with Crippen molar-refractivity contribution in [1.82, 2.24) is 19.8 Å². The number of carbonyl (C=O) groups excluding carboxylic acids is 1. The fraction of sp³-hybridized carbons (Fsp3) is 0.345. The zero-order chi connectivity index (χ0) is 25.9. The number of nitrogen functional groups attached to an aromatic ring is 1. The molecule has 190 valence electrons. The number of rotatable bonds is 3. The molecule has 3 heterocycles. The van der Waals surface area contributed by atoms with Gasteiger partial charge in [-0.25, -0.2) is 9.97 Å². The van der Waals surface area contributed by atoms with Crippen LogP contribution in [0.2, 0.25) is 0 Å². The Morgan fingerprint density at radius 3 is 2.70 bits per heavy atom. The van der Waals surface area contributed by atoms with E-state index in [0.29, 0.717) is 41.1 Å². The summed E-state index contributed by atoms with van der Waals surface area (Å²) in [5, 5.41) is 3.00. The van der Waals surface area contributed by atoms with E-state index < -0.39 is 0 Å². The fourth-order valence-corrected chi connectivity index (χ4v) is 4.74. The largest absolute Gasteiger partial charge is 0.493 e. The highest BCUT2D eigenvalue weighted by Crippen LogP contribution is 2.37. The van der Waals surface area contributed by atoms with E-state index in [0.717, 1.165) is 49.5 Å². The Labute approximate surface area is 217 Å². The van der Waals surface area contributed by atoms with Crippen molar-refractivity contribution in [2.45, 2.75) is 26.3 Å². The molecule has 0 saturated carbocycles. The Kier molecular flexibility index (Phi) is 7.08. The predicted molar refractivity (Wildman–Crippen MR) is 145 cm³/mol. The number of aryl methyl sites for hydroxylation is 2. The SMILES string of the molecule is Cc1ccc(NC(=O)c2ccc3c(c2)OCC[C@@H]3N2CCN(C)CC2)cc1C#Cc1cnc(N)c(C)n1. The maximum atomic E-state index is 13.1. The monoisotopic (exact) mass is 496 g/mol. The molecule has 1 aromatic heterocycles. The number of nitrogens with one attached hydrogen (secondary N) is 1. The maximum absolute atomic E-state index is 13.1. The molecule has 3 N–H and O–H groups in total. The zero-order valence-electron chi connectivity index (χ0n) is 21.5. The highest BCUT2D eigenvalue weighted by Gasteiger charge is 2.29. The number of hydrogen-bond acceptors (Lipinski definition) is 7. The molecular weight excluding hydrogens is 464 g/mol. The van der Waals surface area contributed by atoms with Crippen LogP contribution in [-0.2, 0) is 0 Å². The summed E-state index contributed by atoms with van der Waals surface area (Å²) < 4.78 is 5.98. The van der Waals surface area contributed by atoms with Gasteiger partial charge in [-0.2, -0.15) is 0 Å². The third-order valence-corrected chi connectivity index (χ3v) is 7.07. The van der Waals surface area contributed by atoms with Gasteiger partial charge in [0.1, 0.15) is 17.3 Å². The van der Waals surface area contributed by atoms with Crippen LogP contribution in [0.1, 0.15) is 50.9 Å². The van der Waals surface area contributed by atoms with E-state index >= 15 is 0 Å². The van der Waals surface area contributed by atoms with Crippen molar-refractivity contribution in [3.8, 4) is 17.6 Å². The van der Waals surface area contributed by atoms with Gasteiger partial charge in [0.15, 0.2) is 0 Å². The molecule has 0 unspecified atom stereocenters. The lowest BCUT2D eigenvalue weighted by molar-refractivity contribution is 0.0854. The first-order valence-corrected chi connectivity index (χ1v) is 12.6. The van der Waals surface area contributed by atoms with Crippen molar-refractivity contribution in [3.63, 3.8) is 0 Å². The van der Waals surface area contributed by atoms with Crippen LogP contribution in [0.15, 0.2) is 42.6 Å². The van der Waals surface area contributed by atoms with E-state index in [1.807, 2.05) is 43.3 Å². The van der Waals surface area contributed by atoms with Crippen molar-refractivity contribution >= 4 is 17.4 Å². The molecule has 8 heteroatoms. The first-order chi connectivity index (χ1) is 17.9. The average molecular weight is 497 g/mol. The molecule has 0 aliphatic carbocycles. The van der Waals surface area contributed by atoms with E-state index in [-0.39, 0.29) is 5.91 Å². The summed E-state index contributed by atoms with van der Waals surface area (Å²) in [4.78, 5) is 26.5. The summed E-state index contributed by atoms with van der Waals surface area (Å²) in [6.45, 7) is 8.68. The summed E-state index contributed by atoms with van der Waals surface area (Å²) >= 11 is 0. The first kappa shape index (κ1) is 24.8. The molecule has 3 aromatic rings. The molecule has 1 atom stereocenters. The number of aromatic nitrogens is 2. The van der Waals surface area contributed by atoms with Gasteiger partial charge < -0.3 is 20.7 Å². The second-order valence-electron chi connectivity index (χ2n) is 9.70. The number of carbonyl (C=O) groups is 1. The van der Waals surface area contributed by atoms with Gasteiger partial charge in [0, 0.05) is 61.0 Å². The second-order valence-corrected chi connectivity index (χ2v) is 9.70. The Hall–Kier alpha value is -3.93. The lowest BCUT2D eigenvalue weighted by Crippen LogP contribution is -2.46. The van der Waals surface area contributed by atoms with Gasteiger partial charge in [0.25, 0.3) is 5.91 Å². The number of nitrogens with zero attached hydrogens (tertiary/aromatic N) is 4. The Bertz CT molecular complexity index is 1380. The molecule has 1 saturated heterocycles. The molecule has 2 aliphatic heterocycles. The van der Waals surface area contributed by atoms with Gasteiger partial charge in [-0.05, 0) is 56.6 Å². The summed E-state index contributed by atoms with van der Waals surface area (Å²) in [5.41, 5.74) is 11.2. The number of likely N-dealkylation sites (N-methyl/N-ethyl adjacent to an activating group) is 1. The number of ether oxygens (including phenoxy) is 1. The molecule has 5 rings (SSSR count). The smallest absolute Gasteiger partial charge is 0.255 e. The molecule has 37 heavy (non-hydrogen) atoms. The van der Waals surface area contributed by atoms with Crippen LogP contribution in [0, 0.1) is 25.7 Å². The fourth-order valence-electron chi connectivity index (χ4n) is 4.74. The van der Waals surface area contributed by atoms with Crippen LogP contribution in [-0.4, -0.2) is 65.5 Å². The summed E-state index contributed by atoms with van der Waals surface area (Å²) in [7, 11) is 2.17. The summed E-state index contributed by atoms with van der Waals surface area (Å²) in [5.74, 6) is 7.19. The van der Waals surface area contributed by atoms with E-state index in [1.54, 1.807) is 13.1 Å². The van der Waals surface area contributed by atoms with Gasteiger partial charge in [0.05, 0.1) is 18.5 Å². The van der Waals surface area contributed by atoms with Crippen LogP contribution in [0.25, 0.3) is 0 Å². The number of amides is 1. The van der Waals surface area contributed by atoms with Crippen molar-refractivity contribution in [1.29, 1.82) is 0 Å². The number of fused-ring (bicyclic) bond motifs is 1. The minimum absolute atomic E-state index is 0.184. The van der Waals surface area contributed by atoms with Crippen LogP contribution in [0.3, 0.4) is 0 Å². The number of hydrogen-bond donors (Lipinski definition) is 2. The minimum Gasteiger partial charge on any atom is -0.493 e. The summed E-state index contributed by atoms with van der Waals surface area (Å²) in [6.07, 6.45) is 2.53. The molecule has 1 fully saturated rings. The molecular formula is C29H32N6O2. The van der Waals surface area contributed by atoms with Gasteiger partial charge in [0.2, 0.25) is 0 Å². The highest BCUT2D eigenvalue weighted by atomic mass is 16.5. The zero-order valence-corrected chi connectivity index (χ0v) is 21.5. The Balaban J connectivity index is 1.31. The van der Waals surface area contributed by atoms with Gasteiger partial charge in [-0.3, -0.25) is 9.69 Å².